The van der Waals surface area contributed by atoms with Crippen LogP contribution in [0.4, 0.5) is 0 Å². The summed E-state index contributed by atoms with van der Waals surface area (Å²) >= 11 is 1.97. The lowest BCUT2D eigenvalue weighted by Crippen LogP contribution is -2.43. The van der Waals surface area contributed by atoms with Gasteiger partial charge in [0.1, 0.15) is 11.5 Å². The molecule has 2 saturated heterocycles. The first-order chi connectivity index (χ1) is 11.7. The monoisotopic (exact) mass is 350 g/mol. The molecule has 2 fully saturated rings. The predicted molar refractivity (Wildman–Crippen MR) is 97.0 cm³/mol. The number of amides is 1. The van der Waals surface area contributed by atoms with Crippen LogP contribution in [-0.4, -0.2) is 67.6 Å². The normalized spacial score (nSPS) is 21.8. The van der Waals surface area contributed by atoms with E-state index in [0.29, 0.717) is 6.54 Å². The fourth-order valence-corrected chi connectivity index (χ4v) is 4.51. The van der Waals surface area contributed by atoms with E-state index in [1.807, 2.05) is 34.9 Å². The molecular weight excluding hydrogens is 324 g/mol. The molecule has 0 saturated carbocycles. The van der Waals surface area contributed by atoms with Gasteiger partial charge in [-0.1, -0.05) is 0 Å². The molecule has 0 N–H and O–H groups in total. The topological polar surface area (TPSA) is 42.0 Å². The summed E-state index contributed by atoms with van der Waals surface area (Å²) in [5.41, 5.74) is 1.05. The maximum absolute atomic E-state index is 12.9. The van der Waals surface area contributed by atoms with E-state index in [2.05, 4.69) is 4.90 Å². The molecule has 2 heterocycles. The first kappa shape index (κ1) is 17.4. The van der Waals surface area contributed by atoms with Gasteiger partial charge >= 0.3 is 0 Å². The summed E-state index contributed by atoms with van der Waals surface area (Å²) in [5.74, 6) is 4.11. The van der Waals surface area contributed by atoms with Crippen molar-refractivity contribution in [1.29, 1.82) is 0 Å². The molecule has 0 aromatic heterocycles. The molecule has 1 aromatic rings. The van der Waals surface area contributed by atoms with Gasteiger partial charge in [-0.15, -0.1) is 0 Å². The van der Waals surface area contributed by atoms with Crippen LogP contribution < -0.4 is 9.47 Å². The van der Waals surface area contributed by atoms with E-state index in [1.54, 1.807) is 14.2 Å². The number of ether oxygens (including phenoxy) is 2. The fourth-order valence-electron chi connectivity index (χ4n) is 3.53. The molecule has 24 heavy (non-hydrogen) atoms. The number of rotatable bonds is 5. The number of benzene rings is 1. The molecule has 0 spiro atoms. The predicted octanol–water partition coefficient (Wildman–Crippen LogP) is 2.42. The van der Waals surface area contributed by atoms with Crippen LogP contribution in [0.3, 0.4) is 0 Å². The zero-order chi connectivity index (χ0) is 16.9. The van der Waals surface area contributed by atoms with E-state index < -0.39 is 0 Å². The van der Waals surface area contributed by atoms with Crippen LogP contribution in [0.1, 0.15) is 24.4 Å². The van der Waals surface area contributed by atoms with Crippen LogP contribution in [0.15, 0.2) is 18.2 Å². The average Bonchev–Trinajstić information content (AvgIpc) is 3.11. The van der Waals surface area contributed by atoms with E-state index in [0.717, 1.165) is 61.0 Å². The smallest absolute Gasteiger partial charge is 0.237 e. The highest BCUT2D eigenvalue weighted by atomic mass is 32.2. The maximum Gasteiger partial charge on any atom is 0.237 e. The maximum atomic E-state index is 12.9. The summed E-state index contributed by atoms with van der Waals surface area (Å²) in [6, 6.07) is 5.92. The van der Waals surface area contributed by atoms with Gasteiger partial charge in [-0.25, -0.2) is 0 Å². The van der Waals surface area contributed by atoms with Crippen molar-refractivity contribution in [2.24, 2.45) is 0 Å². The molecule has 1 aromatic carbocycles. The second-order valence-electron chi connectivity index (χ2n) is 6.24. The Balaban J connectivity index is 1.76. The van der Waals surface area contributed by atoms with Gasteiger partial charge in [-0.05, 0) is 31.0 Å². The van der Waals surface area contributed by atoms with Gasteiger partial charge in [0.25, 0.3) is 0 Å². The summed E-state index contributed by atoms with van der Waals surface area (Å²) in [4.78, 5) is 17.2. The molecule has 0 radical (unpaired) electrons. The van der Waals surface area contributed by atoms with E-state index in [4.69, 9.17) is 9.47 Å². The highest BCUT2D eigenvalue weighted by Gasteiger charge is 2.32. The van der Waals surface area contributed by atoms with Gasteiger partial charge in [-0.3, -0.25) is 9.69 Å². The SMILES string of the molecule is COc1ccc(OC)c(C2CCCN2C(=O)CN2CCSCC2)c1. The van der Waals surface area contributed by atoms with Crippen LogP contribution in [0.5, 0.6) is 11.5 Å². The Morgan fingerprint density at radius 3 is 2.71 bits per heavy atom. The molecule has 132 valence electrons. The van der Waals surface area contributed by atoms with E-state index >= 15 is 0 Å². The van der Waals surface area contributed by atoms with Crippen molar-refractivity contribution in [3.05, 3.63) is 23.8 Å². The van der Waals surface area contributed by atoms with Crippen molar-refractivity contribution in [2.75, 3.05) is 51.9 Å². The Morgan fingerprint density at radius 2 is 2.00 bits per heavy atom. The Hall–Kier alpha value is -1.40. The quantitative estimate of drug-likeness (QED) is 0.816. The number of carbonyl (C=O) groups excluding carboxylic acids is 1. The highest BCUT2D eigenvalue weighted by Crippen LogP contribution is 2.39. The number of hydrogen-bond acceptors (Lipinski definition) is 5. The molecule has 0 aliphatic carbocycles. The van der Waals surface area contributed by atoms with Gasteiger partial charge in [0.15, 0.2) is 0 Å². The first-order valence-electron chi connectivity index (χ1n) is 8.54. The third-order valence-electron chi connectivity index (χ3n) is 4.83. The van der Waals surface area contributed by atoms with Crippen molar-refractivity contribution < 1.29 is 14.3 Å². The summed E-state index contributed by atoms with van der Waals surface area (Å²) in [5, 5.41) is 0. The molecule has 2 aliphatic heterocycles. The summed E-state index contributed by atoms with van der Waals surface area (Å²) in [7, 11) is 3.34. The van der Waals surface area contributed by atoms with Crippen LogP contribution >= 0.6 is 11.8 Å². The fraction of sp³-hybridized carbons (Fsp3) is 0.611. The molecule has 0 bridgehead atoms. The van der Waals surface area contributed by atoms with Gasteiger partial charge in [0, 0.05) is 36.7 Å². The molecule has 2 aliphatic rings. The van der Waals surface area contributed by atoms with E-state index in [9.17, 15) is 4.79 Å². The standard InChI is InChI=1S/C18H26N2O3S/c1-22-14-5-6-17(23-2)15(12-14)16-4-3-7-20(16)18(21)13-19-8-10-24-11-9-19/h5-6,12,16H,3-4,7-11,13H2,1-2H3. The Labute approximate surface area is 148 Å². The summed E-state index contributed by atoms with van der Waals surface area (Å²) < 4.78 is 10.9. The number of methoxy groups -OCH3 is 2. The van der Waals surface area contributed by atoms with Crippen molar-refractivity contribution >= 4 is 17.7 Å². The molecule has 6 heteroatoms. The molecule has 5 nitrogen and oxygen atoms in total. The second kappa shape index (κ2) is 8.12. The number of thioether (sulfide) groups is 1. The van der Waals surface area contributed by atoms with Crippen molar-refractivity contribution in [3.8, 4) is 11.5 Å². The molecular formula is C18H26N2O3S. The molecule has 1 atom stereocenters. The number of hydrogen-bond donors (Lipinski definition) is 0. The van der Waals surface area contributed by atoms with Crippen LogP contribution in [0.25, 0.3) is 0 Å². The van der Waals surface area contributed by atoms with Crippen LogP contribution in [0.2, 0.25) is 0 Å². The molecule has 3 rings (SSSR count). The lowest BCUT2D eigenvalue weighted by molar-refractivity contribution is -0.133. The van der Waals surface area contributed by atoms with Crippen molar-refractivity contribution in [2.45, 2.75) is 18.9 Å². The third kappa shape index (κ3) is 3.81. The van der Waals surface area contributed by atoms with Gasteiger partial charge in [0.05, 0.1) is 26.8 Å². The Morgan fingerprint density at radius 1 is 1.21 bits per heavy atom. The molecule has 1 unspecified atom stereocenters. The van der Waals surface area contributed by atoms with Crippen molar-refractivity contribution in [1.82, 2.24) is 9.80 Å². The first-order valence-corrected chi connectivity index (χ1v) is 9.70. The minimum Gasteiger partial charge on any atom is -0.497 e. The van der Waals surface area contributed by atoms with Crippen molar-refractivity contribution in [3.63, 3.8) is 0 Å². The Bertz CT molecular complexity index is 575. The number of likely N-dealkylation sites (tertiary alicyclic amines) is 1. The lowest BCUT2D eigenvalue weighted by atomic mass is 10.0. The zero-order valence-electron chi connectivity index (χ0n) is 14.5. The number of nitrogens with zero attached hydrogens (tertiary/aromatic N) is 2. The minimum absolute atomic E-state index is 0.0849. The van der Waals surface area contributed by atoms with Gasteiger partial charge < -0.3 is 14.4 Å². The minimum atomic E-state index is 0.0849. The van der Waals surface area contributed by atoms with E-state index in [-0.39, 0.29) is 11.9 Å². The molecule has 1 amide bonds. The number of carbonyl (C=O) groups is 1. The third-order valence-corrected chi connectivity index (χ3v) is 5.77. The summed E-state index contributed by atoms with van der Waals surface area (Å²) in [6.07, 6.45) is 2.01. The zero-order valence-corrected chi connectivity index (χ0v) is 15.3. The second-order valence-corrected chi connectivity index (χ2v) is 7.47. The Kier molecular flexibility index (Phi) is 5.89. The largest absolute Gasteiger partial charge is 0.497 e. The van der Waals surface area contributed by atoms with Gasteiger partial charge in [-0.2, -0.15) is 11.8 Å². The van der Waals surface area contributed by atoms with Crippen LogP contribution in [-0.2, 0) is 4.79 Å². The lowest BCUT2D eigenvalue weighted by Gasteiger charge is -2.31. The van der Waals surface area contributed by atoms with Gasteiger partial charge in [0.2, 0.25) is 5.91 Å². The van der Waals surface area contributed by atoms with Crippen LogP contribution in [0, 0.1) is 0 Å². The van der Waals surface area contributed by atoms with E-state index in [1.165, 1.54) is 0 Å². The summed E-state index contributed by atoms with van der Waals surface area (Å²) in [6.45, 7) is 3.38. The highest BCUT2D eigenvalue weighted by molar-refractivity contribution is 7.99. The average molecular weight is 350 g/mol.